The SMILES string of the molecule is Cc1c(B2OC(C)(C)C(C)(C)O2)ccc2nccnc12. The molecule has 3 rings (SSSR count). The van der Waals surface area contributed by atoms with Gasteiger partial charge in [-0.15, -0.1) is 0 Å². The van der Waals surface area contributed by atoms with Crippen molar-refractivity contribution in [3.05, 3.63) is 30.1 Å². The van der Waals surface area contributed by atoms with Crippen molar-refractivity contribution in [3.63, 3.8) is 0 Å². The fourth-order valence-corrected chi connectivity index (χ4v) is 2.42. The minimum absolute atomic E-state index is 0.332. The number of aryl methyl sites for hydroxylation is 1. The Morgan fingerprint density at radius 3 is 2.20 bits per heavy atom. The van der Waals surface area contributed by atoms with Crippen LogP contribution in [-0.2, 0) is 9.31 Å². The second-order valence-electron chi connectivity index (χ2n) is 6.29. The number of rotatable bonds is 1. The summed E-state index contributed by atoms with van der Waals surface area (Å²) in [5.41, 5.74) is 3.22. The van der Waals surface area contributed by atoms with E-state index in [1.54, 1.807) is 12.4 Å². The van der Waals surface area contributed by atoms with Gasteiger partial charge in [0.2, 0.25) is 0 Å². The first-order valence-corrected chi connectivity index (χ1v) is 6.88. The van der Waals surface area contributed by atoms with Gasteiger partial charge in [-0.05, 0) is 51.7 Å². The Morgan fingerprint density at radius 2 is 1.55 bits per heavy atom. The van der Waals surface area contributed by atoms with E-state index in [2.05, 4.69) is 37.7 Å². The van der Waals surface area contributed by atoms with Gasteiger partial charge in [-0.25, -0.2) is 0 Å². The number of nitrogens with zero attached hydrogens (tertiary/aromatic N) is 2. The molecule has 104 valence electrons. The molecule has 0 spiro atoms. The molecule has 2 aromatic rings. The fraction of sp³-hybridized carbons (Fsp3) is 0.467. The van der Waals surface area contributed by atoms with Crippen molar-refractivity contribution in [2.75, 3.05) is 0 Å². The topological polar surface area (TPSA) is 44.2 Å². The third-order valence-corrected chi connectivity index (χ3v) is 4.44. The minimum atomic E-state index is -0.355. The highest BCUT2D eigenvalue weighted by molar-refractivity contribution is 6.63. The average Bonchev–Trinajstić information content (AvgIpc) is 2.59. The van der Waals surface area contributed by atoms with Gasteiger partial charge in [0.05, 0.1) is 22.2 Å². The first kappa shape index (κ1) is 13.5. The maximum atomic E-state index is 6.11. The lowest BCUT2D eigenvalue weighted by Gasteiger charge is -2.32. The van der Waals surface area contributed by atoms with Crippen LogP contribution in [0, 0.1) is 6.92 Å². The van der Waals surface area contributed by atoms with E-state index in [-0.39, 0.29) is 18.3 Å². The average molecular weight is 270 g/mol. The highest BCUT2D eigenvalue weighted by Crippen LogP contribution is 2.36. The van der Waals surface area contributed by atoms with Crippen LogP contribution >= 0.6 is 0 Å². The Morgan fingerprint density at radius 1 is 0.950 bits per heavy atom. The molecule has 0 saturated carbocycles. The van der Waals surface area contributed by atoms with Crippen LogP contribution in [0.15, 0.2) is 24.5 Å². The van der Waals surface area contributed by atoms with Crippen LogP contribution in [-0.4, -0.2) is 28.3 Å². The van der Waals surface area contributed by atoms with Crippen molar-refractivity contribution in [2.45, 2.75) is 45.8 Å². The summed E-state index contributed by atoms with van der Waals surface area (Å²) in [6.45, 7) is 10.3. The van der Waals surface area contributed by atoms with E-state index in [4.69, 9.17) is 9.31 Å². The molecule has 0 bridgehead atoms. The molecule has 4 nitrogen and oxygen atoms in total. The van der Waals surface area contributed by atoms with Gasteiger partial charge in [0, 0.05) is 12.4 Å². The Labute approximate surface area is 119 Å². The lowest BCUT2D eigenvalue weighted by atomic mass is 9.76. The number of hydrogen-bond acceptors (Lipinski definition) is 4. The number of hydrogen-bond donors (Lipinski definition) is 0. The maximum absolute atomic E-state index is 6.11. The van der Waals surface area contributed by atoms with E-state index in [9.17, 15) is 0 Å². The summed E-state index contributed by atoms with van der Waals surface area (Å²) < 4.78 is 12.2. The normalized spacial score (nSPS) is 20.6. The molecule has 20 heavy (non-hydrogen) atoms. The summed E-state index contributed by atoms with van der Waals surface area (Å²) in [6.07, 6.45) is 3.42. The largest absolute Gasteiger partial charge is 0.495 e. The zero-order valence-corrected chi connectivity index (χ0v) is 12.6. The monoisotopic (exact) mass is 270 g/mol. The van der Waals surface area contributed by atoms with Gasteiger partial charge in [0.1, 0.15) is 0 Å². The van der Waals surface area contributed by atoms with Gasteiger partial charge in [-0.3, -0.25) is 9.97 Å². The molecule has 0 aliphatic carbocycles. The first-order valence-electron chi connectivity index (χ1n) is 6.88. The molecule has 1 fully saturated rings. The van der Waals surface area contributed by atoms with Crippen molar-refractivity contribution in [3.8, 4) is 0 Å². The molecule has 0 amide bonds. The van der Waals surface area contributed by atoms with E-state index in [1.807, 2.05) is 19.1 Å². The predicted molar refractivity (Wildman–Crippen MR) is 80.0 cm³/mol. The molecule has 1 aromatic carbocycles. The van der Waals surface area contributed by atoms with Crippen LogP contribution in [0.3, 0.4) is 0 Å². The van der Waals surface area contributed by atoms with Crippen molar-refractivity contribution in [1.82, 2.24) is 9.97 Å². The molecule has 0 unspecified atom stereocenters. The van der Waals surface area contributed by atoms with E-state index in [1.165, 1.54) is 0 Å². The lowest BCUT2D eigenvalue weighted by molar-refractivity contribution is 0.00578. The summed E-state index contributed by atoms with van der Waals surface area (Å²) in [6, 6.07) is 3.99. The van der Waals surface area contributed by atoms with Crippen LogP contribution in [0.25, 0.3) is 11.0 Å². The van der Waals surface area contributed by atoms with Crippen LogP contribution in [0.1, 0.15) is 33.3 Å². The molecule has 0 atom stereocenters. The third kappa shape index (κ3) is 1.93. The zero-order chi connectivity index (χ0) is 14.5. The number of benzene rings is 1. The molecule has 0 radical (unpaired) electrons. The molecule has 0 N–H and O–H groups in total. The Kier molecular flexibility index (Phi) is 2.89. The summed E-state index contributed by atoms with van der Waals surface area (Å²) in [5.74, 6) is 0. The second-order valence-corrected chi connectivity index (χ2v) is 6.29. The van der Waals surface area contributed by atoms with Gasteiger partial charge in [-0.2, -0.15) is 0 Å². The Balaban J connectivity index is 2.06. The van der Waals surface area contributed by atoms with Gasteiger partial charge in [-0.1, -0.05) is 6.07 Å². The highest BCUT2D eigenvalue weighted by Gasteiger charge is 2.52. The minimum Gasteiger partial charge on any atom is -0.399 e. The third-order valence-electron chi connectivity index (χ3n) is 4.44. The number of aromatic nitrogens is 2. The molecule has 1 saturated heterocycles. The van der Waals surface area contributed by atoms with Gasteiger partial charge < -0.3 is 9.31 Å². The zero-order valence-electron chi connectivity index (χ0n) is 12.6. The molecular weight excluding hydrogens is 251 g/mol. The Bertz CT molecular complexity index is 654. The van der Waals surface area contributed by atoms with Crippen molar-refractivity contribution >= 4 is 23.6 Å². The van der Waals surface area contributed by atoms with E-state index >= 15 is 0 Å². The van der Waals surface area contributed by atoms with Crippen molar-refractivity contribution in [1.29, 1.82) is 0 Å². The van der Waals surface area contributed by atoms with E-state index in [0.717, 1.165) is 22.1 Å². The second kappa shape index (κ2) is 4.27. The molecule has 1 aliphatic rings. The highest BCUT2D eigenvalue weighted by atomic mass is 16.7. The van der Waals surface area contributed by atoms with Crippen molar-refractivity contribution in [2.24, 2.45) is 0 Å². The van der Waals surface area contributed by atoms with Gasteiger partial charge >= 0.3 is 7.12 Å². The summed E-state index contributed by atoms with van der Waals surface area (Å²) >= 11 is 0. The van der Waals surface area contributed by atoms with Crippen LogP contribution in [0.5, 0.6) is 0 Å². The molecule has 1 aliphatic heterocycles. The fourth-order valence-electron chi connectivity index (χ4n) is 2.42. The van der Waals surface area contributed by atoms with Crippen LogP contribution in [0.2, 0.25) is 0 Å². The molecular formula is C15H19BN2O2. The predicted octanol–water partition coefficient (Wildman–Crippen LogP) is 2.24. The van der Waals surface area contributed by atoms with Gasteiger partial charge in [0.25, 0.3) is 0 Å². The quantitative estimate of drug-likeness (QED) is 0.745. The molecule has 1 aromatic heterocycles. The number of fused-ring (bicyclic) bond motifs is 1. The van der Waals surface area contributed by atoms with E-state index in [0.29, 0.717) is 0 Å². The molecule has 5 heteroatoms. The summed E-state index contributed by atoms with van der Waals surface area (Å²) in [4.78, 5) is 8.73. The van der Waals surface area contributed by atoms with Crippen LogP contribution < -0.4 is 5.46 Å². The van der Waals surface area contributed by atoms with Crippen LogP contribution in [0.4, 0.5) is 0 Å². The smallest absolute Gasteiger partial charge is 0.399 e. The summed E-state index contributed by atoms with van der Waals surface area (Å²) in [7, 11) is -0.355. The summed E-state index contributed by atoms with van der Waals surface area (Å²) in [5, 5.41) is 0. The first-order chi connectivity index (χ1) is 9.32. The molecule has 2 heterocycles. The Hall–Kier alpha value is -1.46. The lowest BCUT2D eigenvalue weighted by Crippen LogP contribution is -2.41. The standard InChI is InChI=1S/C15H19BN2O2/c1-10-11(6-7-12-13(10)18-9-8-17-12)16-19-14(2,3)15(4,5)20-16/h6-9H,1-5H3. The van der Waals surface area contributed by atoms with E-state index < -0.39 is 0 Å². The maximum Gasteiger partial charge on any atom is 0.495 e. The van der Waals surface area contributed by atoms with Crippen molar-refractivity contribution < 1.29 is 9.31 Å². The van der Waals surface area contributed by atoms with Gasteiger partial charge in [0.15, 0.2) is 0 Å².